The number of hydrazine groups is 1. The molecule has 0 unspecified atom stereocenters. The van der Waals surface area contributed by atoms with Crippen molar-refractivity contribution in [3.05, 3.63) is 88.3 Å². The zero-order valence-electron chi connectivity index (χ0n) is 38.7. The molecule has 4 aromatic rings. The van der Waals surface area contributed by atoms with Gasteiger partial charge in [0, 0.05) is 56.8 Å². The normalized spacial score (nSPS) is 23.7. The number of hydrogen-bond acceptors (Lipinski definition) is 10. The van der Waals surface area contributed by atoms with Gasteiger partial charge in [-0.25, -0.2) is 15.1 Å². The van der Waals surface area contributed by atoms with Crippen molar-refractivity contribution in [3.8, 4) is 10.4 Å². The van der Waals surface area contributed by atoms with E-state index in [1.165, 1.54) is 44.3 Å². The predicted molar refractivity (Wildman–Crippen MR) is 250 cm³/mol. The molecular formula is C50H69N9O4S. The third kappa shape index (κ3) is 10.3. The molecule has 2 aromatic heterocycles. The van der Waals surface area contributed by atoms with Crippen molar-refractivity contribution >= 4 is 29.1 Å². The standard InChI is InChI=1S/C50H69N9O4S/c1-7-24-52-55-46(61)40-18-14-36(15-19-40)37-20-22-50(23-21-37)29-57(30-50)26-34-8-10-38(11-9-34)42-28-59(56-54-42)45(49(4,5)6)48(63)58-27-41(60)25-43(58)47(62)53-32(2)35-12-16-39(17-13-35)44-33(3)51-31-64-44/h12-19,28,31-32,34,37-38,41,43,45,52,60H,7-11,20-27,29-30H2,1-6H3,(H,53,62)(H,55,61)/t32-,34?,38?,41-,43+,45+/m0/s1. The van der Waals surface area contributed by atoms with Crippen LogP contribution in [0.25, 0.3) is 10.4 Å². The molecule has 3 amide bonds. The number of aryl methyl sites for hydroxylation is 1. The summed E-state index contributed by atoms with van der Waals surface area (Å²) in [5.41, 5.74) is 13.5. The zero-order valence-corrected chi connectivity index (χ0v) is 39.5. The van der Waals surface area contributed by atoms with Crippen LogP contribution in [-0.2, 0) is 9.59 Å². The van der Waals surface area contributed by atoms with Crippen molar-refractivity contribution in [2.45, 2.75) is 142 Å². The van der Waals surface area contributed by atoms with Gasteiger partial charge >= 0.3 is 0 Å². The molecule has 2 aliphatic heterocycles. The molecule has 0 radical (unpaired) electrons. The lowest BCUT2D eigenvalue weighted by Gasteiger charge is -2.54. The summed E-state index contributed by atoms with van der Waals surface area (Å²) in [4.78, 5) is 50.5. The Kier molecular flexibility index (Phi) is 14.1. The monoisotopic (exact) mass is 892 g/mol. The number of likely N-dealkylation sites (tertiary alicyclic amines) is 2. The molecule has 14 heteroatoms. The van der Waals surface area contributed by atoms with Gasteiger partial charge in [0.1, 0.15) is 12.1 Å². The summed E-state index contributed by atoms with van der Waals surface area (Å²) in [6.45, 7) is 16.5. The lowest BCUT2D eigenvalue weighted by Crippen LogP contribution is -2.58. The van der Waals surface area contributed by atoms with Crippen LogP contribution in [0, 0.1) is 23.7 Å². The molecule has 0 bridgehead atoms. The van der Waals surface area contributed by atoms with Crippen LogP contribution in [0.2, 0.25) is 0 Å². The lowest BCUT2D eigenvalue weighted by molar-refractivity contribution is -0.144. The van der Waals surface area contributed by atoms with Crippen LogP contribution in [0.4, 0.5) is 0 Å². The highest BCUT2D eigenvalue weighted by atomic mass is 32.1. The van der Waals surface area contributed by atoms with E-state index in [2.05, 4.69) is 67.6 Å². The first-order chi connectivity index (χ1) is 30.7. The van der Waals surface area contributed by atoms with E-state index in [0.717, 1.165) is 72.6 Å². The van der Waals surface area contributed by atoms with Gasteiger partial charge in [-0.15, -0.1) is 16.4 Å². The molecule has 2 saturated carbocycles. The summed E-state index contributed by atoms with van der Waals surface area (Å²) < 4.78 is 1.72. The fourth-order valence-corrected chi connectivity index (χ4v) is 11.8. The number of benzene rings is 2. The topological polar surface area (TPSA) is 158 Å². The molecule has 4 heterocycles. The average molecular weight is 892 g/mol. The van der Waals surface area contributed by atoms with Crippen molar-refractivity contribution < 1.29 is 19.5 Å². The summed E-state index contributed by atoms with van der Waals surface area (Å²) in [6, 6.07) is 14.6. The number of amides is 3. The van der Waals surface area contributed by atoms with Gasteiger partial charge in [0.15, 0.2) is 0 Å². The first-order valence-electron chi connectivity index (χ1n) is 23.8. The molecule has 2 saturated heterocycles. The van der Waals surface area contributed by atoms with Gasteiger partial charge in [0.25, 0.3) is 5.91 Å². The molecule has 2 aliphatic carbocycles. The van der Waals surface area contributed by atoms with Crippen molar-refractivity contribution in [2.75, 3.05) is 32.7 Å². The van der Waals surface area contributed by atoms with Crippen molar-refractivity contribution in [3.63, 3.8) is 0 Å². The van der Waals surface area contributed by atoms with Crippen LogP contribution in [0.15, 0.2) is 60.2 Å². The third-order valence-corrected chi connectivity index (χ3v) is 15.6. The quantitative estimate of drug-likeness (QED) is 0.0736. The number of carbonyl (C=O) groups excluding carboxylic acids is 3. The molecule has 13 nitrogen and oxygen atoms in total. The van der Waals surface area contributed by atoms with Gasteiger partial charge in [-0.1, -0.05) is 69.3 Å². The van der Waals surface area contributed by atoms with E-state index in [1.807, 2.05) is 70.6 Å². The van der Waals surface area contributed by atoms with E-state index < -0.39 is 23.6 Å². The van der Waals surface area contributed by atoms with Crippen LogP contribution in [0.5, 0.6) is 0 Å². The molecule has 2 aromatic carbocycles. The van der Waals surface area contributed by atoms with Gasteiger partial charge in [-0.05, 0) is 123 Å². The molecular weight excluding hydrogens is 823 g/mol. The molecule has 8 rings (SSSR count). The highest BCUT2D eigenvalue weighted by molar-refractivity contribution is 7.13. The summed E-state index contributed by atoms with van der Waals surface area (Å²) in [6.07, 6.45) is 11.7. The van der Waals surface area contributed by atoms with E-state index in [0.29, 0.717) is 28.7 Å². The Labute approximate surface area is 383 Å². The van der Waals surface area contributed by atoms with Gasteiger partial charge in [0.2, 0.25) is 11.8 Å². The van der Waals surface area contributed by atoms with E-state index in [4.69, 9.17) is 0 Å². The third-order valence-electron chi connectivity index (χ3n) is 14.7. The molecule has 4 N–H and O–H groups in total. The Morgan fingerprint density at radius 3 is 2.30 bits per heavy atom. The maximum atomic E-state index is 14.5. The van der Waals surface area contributed by atoms with Crippen LogP contribution < -0.4 is 16.2 Å². The van der Waals surface area contributed by atoms with Gasteiger partial charge in [-0.3, -0.25) is 19.8 Å². The lowest BCUT2D eigenvalue weighted by atomic mass is 9.64. The fourth-order valence-electron chi connectivity index (χ4n) is 11.0. The predicted octanol–water partition coefficient (Wildman–Crippen LogP) is 7.71. The Hall–Kier alpha value is -4.50. The van der Waals surface area contributed by atoms with E-state index >= 15 is 0 Å². The number of carbonyl (C=O) groups is 3. The molecule has 344 valence electrons. The molecule has 1 spiro atoms. The Morgan fingerprint density at radius 1 is 0.953 bits per heavy atom. The Balaban J connectivity index is 0.805. The number of aromatic nitrogens is 4. The Bertz CT molecular complexity index is 2210. The number of hydrogen-bond donors (Lipinski definition) is 4. The second-order valence-corrected chi connectivity index (χ2v) is 21.4. The number of thiazole rings is 1. The van der Waals surface area contributed by atoms with E-state index in [-0.39, 0.29) is 36.7 Å². The second kappa shape index (κ2) is 19.5. The smallest absolute Gasteiger partial charge is 0.265 e. The second-order valence-electron chi connectivity index (χ2n) is 20.6. The van der Waals surface area contributed by atoms with Crippen LogP contribution in [0.3, 0.4) is 0 Å². The SMILES string of the molecule is CCCNNC(=O)c1ccc(C2CCC3(CC2)CN(CC2CCC(c4cn([C@H](C(=O)N5C[C@@H](O)C[C@@H]5C(=O)N[C@@H](C)c5ccc(-c6scnc6C)cc5)C(C)(C)C)nn4)CC2)C3)cc1. The Morgan fingerprint density at radius 2 is 1.66 bits per heavy atom. The zero-order chi connectivity index (χ0) is 45.2. The van der Waals surface area contributed by atoms with Gasteiger partial charge < -0.3 is 20.2 Å². The van der Waals surface area contributed by atoms with Gasteiger partial charge in [-0.2, -0.15) is 0 Å². The minimum Gasteiger partial charge on any atom is -0.391 e. The van der Waals surface area contributed by atoms with Crippen molar-refractivity contribution in [2.24, 2.45) is 16.7 Å². The van der Waals surface area contributed by atoms with Gasteiger partial charge in [0.05, 0.1) is 33.9 Å². The summed E-state index contributed by atoms with van der Waals surface area (Å²) >= 11 is 1.61. The largest absolute Gasteiger partial charge is 0.391 e. The number of rotatable bonds is 14. The minimum atomic E-state index is -0.791. The summed E-state index contributed by atoms with van der Waals surface area (Å²) in [7, 11) is 0. The maximum absolute atomic E-state index is 14.5. The number of aliphatic hydroxyl groups excluding tert-OH is 1. The molecule has 4 fully saturated rings. The van der Waals surface area contributed by atoms with Crippen LogP contribution in [-0.4, -0.2) is 97.5 Å². The number of aliphatic hydroxyl groups is 1. The van der Waals surface area contributed by atoms with Crippen molar-refractivity contribution in [1.82, 2.24) is 45.9 Å². The van der Waals surface area contributed by atoms with Crippen molar-refractivity contribution in [1.29, 1.82) is 0 Å². The minimum absolute atomic E-state index is 0.0813. The number of nitrogens with one attached hydrogen (secondary N) is 3. The number of nitrogens with zero attached hydrogens (tertiary/aromatic N) is 6. The highest BCUT2D eigenvalue weighted by Gasteiger charge is 2.47. The van der Waals surface area contributed by atoms with E-state index in [1.54, 1.807) is 20.9 Å². The molecule has 4 atom stereocenters. The molecule has 64 heavy (non-hydrogen) atoms. The van der Waals surface area contributed by atoms with Crippen LogP contribution in [0.1, 0.15) is 156 Å². The first kappa shape index (κ1) is 46.0. The summed E-state index contributed by atoms with van der Waals surface area (Å²) in [5.74, 6) is 0.969. The fraction of sp³-hybridized carbons (Fsp3) is 0.600. The summed E-state index contributed by atoms with van der Waals surface area (Å²) in [5, 5.41) is 23.2. The maximum Gasteiger partial charge on any atom is 0.265 e. The highest BCUT2D eigenvalue weighted by Crippen LogP contribution is 2.49. The average Bonchev–Trinajstić information content (AvgIpc) is 4.03. The first-order valence-corrected chi connectivity index (χ1v) is 24.6. The van der Waals surface area contributed by atoms with E-state index in [9.17, 15) is 19.5 Å². The molecule has 4 aliphatic rings. The number of β-amino-alcohol motifs (C(OH)–C–C–N with tert-alkyl or cyclic N) is 1. The van der Waals surface area contributed by atoms with Crippen LogP contribution >= 0.6 is 11.3 Å².